The Kier molecular flexibility index (Phi) is 4.71. The fourth-order valence-corrected chi connectivity index (χ4v) is 3.35. The Hall–Kier alpha value is -3.40. The molecule has 27 heavy (non-hydrogen) atoms. The molecule has 0 aliphatic carbocycles. The number of nitrogens with zero attached hydrogens (tertiary/aromatic N) is 7. The van der Waals surface area contributed by atoms with Crippen LogP contribution in [-0.4, -0.2) is 42.2 Å². The van der Waals surface area contributed by atoms with Gasteiger partial charge in [-0.05, 0) is 34.7 Å². The molecule has 2 N–H and O–H groups in total. The van der Waals surface area contributed by atoms with Crippen molar-refractivity contribution in [1.82, 2.24) is 35.1 Å². The predicted molar refractivity (Wildman–Crippen MR) is 101 cm³/mol. The summed E-state index contributed by atoms with van der Waals surface area (Å²) in [7, 11) is 1.61. The molecule has 0 saturated carbocycles. The van der Waals surface area contributed by atoms with Crippen LogP contribution in [0.1, 0.15) is 5.82 Å². The molecule has 2 heterocycles. The zero-order chi connectivity index (χ0) is 18.6. The van der Waals surface area contributed by atoms with E-state index in [0.717, 1.165) is 11.3 Å². The van der Waals surface area contributed by atoms with E-state index in [2.05, 4.69) is 25.7 Å². The van der Waals surface area contributed by atoms with Crippen molar-refractivity contribution in [3.8, 4) is 22.8 Å². The quantitative estimate of drug-likeness (QED) is 0.399. The second kappa shape index (κ2) is 7.46. The number of nitrogen functional groups attached to an aromatic ring is 1. The molecule has 9 nitrogen and oxygen atoms in total. The lowest BCUT2D eigenvalue weighted by Crippen LogP contribution is -2.12. The Morgan fingerprint density at radius 2 is 1.78 bits per heavy atom. The topological polar surface area (TPSA) is 110 Å². The molecule has 0 unspecified atom stereocenters. The van der Waals surface area contributed by atoms with E-state index in [1.54, 1.807) is 11.8 Å². The third-order valence-corrected chi connectivity index (χ3v) is 4.82. The van der Waals surface area contributed by atoms with Crippen LogP contribution in [-0.2, 0) is 5.75 Å². The normalized spacial score (nSPS) is 10.9. The number of hydrogen-bond donors (Lipinski definition) is 1. The van der Waals surface area contributed by atoms with Gasteiger partial charge in [0.2, 0.25) is 5.16 Å². The molecule has 2 aromatic carbocycles. The van der Waals surface area contributed by atoms with Gasteiger partial charge >= 0.3 is 0 Å². The zero-order valence-electron chi connectivity index (χ0n) is 14.4. The van der Waals surface area contributed by atoms with Gasteiger partial charge in [0, 0.05) is 0 Å². The molecule has 0 fully saturated rings. The highest BCUT2D eigenvalue weighted by Gasteiger charge is 2.17. The van der Waals surface area contributed by atoms with E-state index < -0.39 is 0 Å². The summed E-state index contributed by atoms with van der Waals surface area (Å²) in [4.78, 5) is 0. The van der Waals surface area contributed by atoms with Gasteiger partial charge in [-0.15, -0.1) is 15.3 Å². The molecule has 0 radical (unpaired) electrons. The lowest BCUT2D eigenvalue weighted by Gasteiger charge is -2.08. The number of tetrazole rings is 1. The van der Waals surface area contributed by atoms with Crippen molar-refractivity contribution in [1.29, 1.82) is 0 Å². The lowest BCUT2D eigenvalue weighted by atomic mass is 10.2. The summed E-state index contributed by atoms with van der Waals surface area (Å²) in [5, 5.41) is 20.9. The first-order valence-corrected chi connectivity index (χ1v) is 9.06. The van der Waals surface area contributed by atoms with Crippen LogP contribution in [0, 0.1) is 0 Å². The minimum atomic E-state index is 0.489. The molecule has 4 aromatic rings. The van der Waals surface area contributed by atoms with E-state index in [4.69, 9.17) is 10.6 Å². The summed E-state index contributed by atoms with van der Waals surface area (Å²) in [5.74, 6) is 8.59. The average Bonchev–Trinajstić information content (AvgIpc) is 3.33. The molecular formula is C17H16N8OS. The highest BCUT2D eigenvalue weighted by Crippen LogP contribution is 2.30. The van der Waals surface area contributed by atoms with Crippen LogP contribution in [0.5, 0.6) is 5.75 Å². The Morgan fingerprint density at radius 3 is 2.59 bits per heavy atom. The Balaban J connectivity index is 1.56. The first kappa shape index (κ1) is 17.0. The zero-order valence-corrected chi connectivity index (χ0v) is 15.2. The van der Waals surface area contributed by atoms with Crippen LogP contribution < -0.4 is 10.6 Å². The Morgan fingerprint density at radius 1 is 1.00 bits per heavy atom. The highest BCUT2D eigenvalue weighted by atomic mass is 32.2. The fraction of sp³-hybridized carbons (Fsp3) is 0.118. The summed E-state index contributed by atoms with van der Waals surface area (Å²) < 4.78 is 8.50. The number of methoxy groups -OCH3 is 1. The van der Waals surface area contributed by atoms with E-state index in [-0.39, 0.29) is 0 Å². The van der Waals surface area contributed by atoms with Crippen LogP contribution in [0.25, 0.3) is 17.1 Å². The summed E-state index contributed by atoms with van der Waals surface area (Å²) >= 11 is 1.40. The standard InChI is InChI=1S/C17H16N8OS/c1-26-14-10-6-5-9-13(14)16-20-21-17(24(16)18)27-11-15-19-22-23-25(15)12-7-3-2-4-8-12/h2-10H,11,18H2,1H3. The molecule has 0 aliphatic heterocycles. The van der Waals surface area contributed by atoms with Gasteiger partial charge in [-0.1, -0.05) is 42.1 Å². The highest BCUT2D eigenvalue weighted by molar-refractivity contribution is 7.98. The van der Waals surface area contributed by atoms with Gasteiger partial charge in [0.25, 0.3) is 0 Å². The maximum atomic E-state index is 6.20. The van der Waals surface area contributed by atoms with Gasteiger partial charge in [0.1, 0.15) is 5.75 Å². The number of benzene rings is 2. The van der Waals surface area contributed by atoms with Crippen LogP contribution in [0.3, 0.4) is 0 Å². The van der Waals surface area contributed by atoms with Gasteiger partial charge in [0.05, 0.1) is 24.1 Å². The van der Waals surface area contributed by atoms with Gasteiger partial charge in [0.15, 0.2) is 11.6 Å². The first-order valence-electron chi connectivity index (χ1n) is 8.07. The number of ether oxygens (including phenoxy) is 1. The Labute approximate surface area is 159 Å². The van der Waals surface area contributed by atoms with Crippen molar-refractivity contribution >= 4 is 11.8 Å². The van der Waals surface area contributed by atoms with Gasteiger partial charge in [-0.3, -0.25) is 0 Å². The van der Waals surface area contributed by atoms with Gasteiger partial charge < -0.3 is 10.6 Å². The van der Waals surface area contributed by atoms with Gasteiger partial charge in [-0.25, -0.2) is 4.68 Å². The third kappa shape index (κ3) is 3.34. The van der Waals surface area contributed by atoms with Crippen molar-refractivity contribution in [2.45, 2.75) is 10.9 Å². The molecule has 0 amide bonds. The number of rotatable bonds is 6. The number of para-hydroxylation sites is 2. The first-order chi connectivity index (χ1) is 13.3. The van der Waals surface area contributed by atoms with E-state index in [1.807, 2.05) is 54.6 Å². The molecule has 0 saturated heterocycles. The Bertz CT molecular complexity index is 1050. The van der Waals surface area contributed by atoms with E-state index in [1.165, 1.54) is 16.4 Å². The largest absolute Gasteiger partial charge is 0.496 e. The lowest BCUT2D eigenvalue weighted by molar-refractivity contribution is 0.416. The predicted octanol–water partition coefficient (Wildman–Crippen LogP) is 1.94. The molecule has 0 spiro atoms. The fourth-order valence-electron chi connectivity index (χ4n) is 2.58. The number of aromatic nitrogens is 7. The van der Waals surface area contributed by atoms with Crippen LogP contribution in [0.4, 0.5) is 0 Å². The summed E-state index contributed by atoms with van der Waals surface area (Å²) in [6.07, 6.45) is 0. The summed E-state index contributed by atoms with van der Waals surface area (Å²) in [5.41, 5.74) is 1.66. The molecular weight excluding hydrogens is 364 g/mol. The minimum absolute atomic E-state index is 0.489. The average molecular weight is 380 g/mol. The number of nitrogens with two attached hydrogens (primary N) is 1. The van der Waals surface area contributed by atoms with Crippen LogP contribution >= 0.6 is 11.8 Å². The monoisotopic (exact) mass is 380 g/mol. The molecule has 0 atom stereocenters. The molecule has 10 heteroatoms. The van der Waals surface area contributed by atoms with Crippen LogP contribution in [0.2, 0.25) is 0 Å². The van der Waals surface area contributed by atoms with Crippen molar-refractivity contribution < 1.29 is 4.74 Å². The molecule has 0 aliphatic rings. The maximum Gasteiger partial charge on any atom is 0.210 e. The summed E-state index contributed by atoms with van der Waals surface area (Å²) in [6.45, 7) is 0. The molecule has 2 aromatic heterocycles. The summed E-state index contributed by atoms with van der Waals surface area (Å²) in [6, 6.07) is 17.2. The SMILES string of the molecule is COc1ccccc1-c1nnc(SCc2nnnn2-c2ccccc2)n1N. The molecule has 136 valence electrons. The van der Waals surface area contributed by atoms with Crippen molar-refractivity contribution in [2.24, 2.45) is 0 Å². The second-order valence-electron chi connectivity index (χ2n) is 5.51. The second-order valence-corrected chi connectivity index (χ2v) is 6.45. The van der Waals surface area contributed by atoms with Crippen molar-refractivity contribution in [3.05, 3.63) is 60.4 Å². The van der Waals surface area contributed by atoms with Crippen LogP contribution in [0.15, 0.2) is 59.8 Å². The third-order valence-electron chi connectivity index (χ3n) is 3.88. The molecule has 0 bridgehead atoms. The smallest absolute Gasteiger partial charge is 0.210 e. The van der Waals surface area contributed by atoms with E-state index in [0.29, 0.717) is 28.3 Å². The van der Waals surface area contributed by atoms with E-state index >= 15 is 0 Å². The van der Waals surface area contributed by atoms with Crippen molar-refractivity contribution in [2.75, 3.05) is 13.0 Å². The van der Waals surface area contributed by atoms with E-state index in [9.17, 15) is 0 Å². The minimum Gasteiger partial charge on any atom is -0.496 e. The van der Waals surface area contributed by atoms with Crippen molar-refractivity contribution in [3.63, 3.8) is 0 Å². The maximum absolute atomic E-state index is 6.20. The van der Waals surface area contributed by atoms with Gasteiger partial charge in [-0.2, -0.15) is 4.68 Å². The molecule has 4 rings (SSSR count). The number of hydrogen-bond acceptors (Lipinski definition) is 8. The number of thioether (sulfide) groups is 1.